The van der Waals surface area contributed by atoms with E-state index in [1.165, 1.54) is 16.0 Å². The molecular formula is C23H23NO3S. The molecule has 3 aromatic rings. The lowest BCUT2D eigenvalue weighted by molar-refractivity contribution is 0.0695. The van der Waals surface area contributed by atoms with Crippen molar-refractivity contribution in [3.05, 3.63) is 81.0 Å². The number of carbonyl (C=O) groups is 1. The fourth-order valence-corrected chi connectivity index (χ4v) is 4.64. The van der Waals surface area contributed by atoms with Crippen molar-refractivity contribution in [3.8, 4) is 11.5 Å². The lowest BCUT2D eigenvalue weighted by atomic mass is 9.92. The van der Waals surface area contributed by atoms with E-state index in [0.717, 1.165) is 12.0 Å². The number of hydrogen-bond donors (Lipinski definition) is 0. The van der Waals surface area contributed by atoms with Crippen molar-refractivity contribution in [3.63, 3.8) is 0 Å². The SMILES string of the molecule is COc1cc(OC)cc(C(=O)N2CCc3sccc3C2c2ccc(C)cc2)c1. The summed E-state index contributed by atoms with van der Waals surface area (Å²) in [6.45, 7) is 2.76. The highest BCUT2D eigenvalue weighted by atomic mass is 32.1. The Kier molecular flexibility index (Phi) is 5.09. The number of fused-ring (bicyclic) bond motifs is 1. The van der Waals surface area contributed by atoms with E-state index < -0.39 is 0 Å². The summed E-state index contributed by atoms with van der Waals surface area (Å²) >= 11 is 1.77. The minimum absolute atomic E-state index is 0.0142. The van der Waals surface area contributed by atoms with Gasteiger partial charge in [0.25, 0.3) is 5.91 Å². The van der Waals surface area contributed by atoms with E-state index >= 15 is 0 Å². The van der Waals surface area contributed by atoms with E-state index in [1.54, 1.807) is 43.8 Å². The number of carbonyl (C=O) groups excluding carboxylic acids is 1. The van der Waals surface area contributed by atoms with Gasteiger partial charge in [0.05, 0.1) is 20.3 Å². The van der Waals surface area contributed by atoms with Crippen LogP contribution in [0.2, 0.25) is 0 Å². The molecule has 1 amide bonds. The van der Waals surface area contributed by atoms with Crippen LogP contribution in [0.4, 0.5) is 0 Å². The van der Waals surface area contributed by atoms with Gasteiger partial charge in [-0.05, 0) is 48.1 Å². The molecule has 0 aliphatic carbocycles. The van der Waals surface area contributed by atoms with Crippen molar-refractivity contribution in [2.24, 2.45) is 0 Å². The molecule has 4 rings (SSSR count). The summed E-state index contributed by atoms with van der Waals surface area (Å²) in [5.41, 5.74) is 4.14. The molecule has 0 fully saturated rings. The molecule has 1 aliphatic heterocycles. The van der Waals surface area contributed by atoms with Gasteiger partial charge in [0.2, 0.25) is 0 Å². The largest absolute Gasteiger partial charge is 0.497 e. The van der Waals surface area contributed by atoms with Gasteiger partial charge in [-0.1, -0.05) is 29.8 Å². The minimum atomic E-state index is -0.0831. The highest BCUT2D eigenvalue weighted by molar-refractivity contribution is 7.10. The zero-order chi connectivity index (χ0) is 19.7. The lowest BCUT2D eigenvalue weighted by Crippen LogP contribution is -2.40. The zero-order valence-corrected chi connectivity index (χ0v) is 17.1. The Balaban J connectivity index is 1.77. The summed E-state index contributed by atoms with van der Waals surface area (Å²) in [5, 5.41) is 2.12. The standard InChI is InChI=1S/C23H23NO3S/c1-15-4-6-16(7-5-15)22-20-9-11-28-21(20)8-10-24(22)23(25)17-12-18(26-2)14-19(13-17)27-3/h4-7,9,11-14,22H,8,10H2,1-3H3. The second kappa shape index (κ2) is 7.68. The Morgan fingerprint density at radius 1 is 1.04 bits per heavy atom. The van der Waals surface area contributed by atoms with Crippen molar-refractivity contribution in [2.45, 2.75) is 19.4 Å². The van der Waals surface area contributed by atoms with Crippen LogP contribution in [0, 0.1) is 6.92 Å². The maximum absolute atomic E-state index is 13.5. The Hall–Kier alpha value is -2.79. The Bertz CT molecular complexity index is 971. The second-order valence-corrected chi connectivity index (χ2v) is 7.96. The van der Waals surface area contributed by atoms with Gasteiger partial charge < -0.3 is 14.4 Å². The fraction of sp³-hybridized carbons (Fsp3) is 0.261. The van der Waals surface area contributed by atoms with E-state index in [1.807, 2.05) is 4.90 Å². The third kappa shape index (κ3) is 3.38. The molecule has 2 heterocycles. The van der Waals surface area contributed by atoms with Crippen molar-refractivity contribution in [1.29, 1.82) is 0 Å². The van der Waals surface area contributed by atoms with Crippen LogP contribution in [-0.4, -0.2) is 31.6 Å². The molecule has 0 bridgehead atoms. The second-order valence-electron chi connectivity index (χ2n) is 6.96. The smallest absolute Gasteiger partial charge is 0.254 e. The summed E-state index contributed by atoms with van der Waals surface area (Å²) in [6, 6.07) is 15.9. The maximum Gasteiger partial charge on any atom is 0.254 e. The number of rotatable bonds is 4. The molecule has 144 valence electrons. The van der Waals surface area contributed by atoms with Gasteiger partial charge in [-0.3, -0.25) is 4.79 Å². The van der Waals surface area contributed by atoms with Crippen molar-refractivity contribution < 1.29 is 14.3 Å². The molecule has 1 unspecified atom stereocenters. The maximum atomic E-state index is 13.5. The van der Waals surface area contributed by atoms with E-state index in [9.17, 15) is 4.79 Å². The first-order valence-electron chi connectivity index (χ1n) is 9.27. The number of hydrogen-bond acceptors (Lipinski definition) is 4. The average molecular weight is 394 g/mol. The van der Waals surface area contributed by atoms with Crippen LogP contribution in [0.25, 0.3) is 0 Å². The van der Waals surface area contributed by atoms with Crippen LogP contribution in [0.5, 0.6) is 11.5 Å². The molecule has 28 heavy (non-hydrogen) atoms. The van der Waals surface area contributed by atoms with Crippen molar-refractivity contribution >= 4 is 17.2 Å². The minimum Gasteiger partial charge on any atom is -0.497 e. The van der Waals surface area contributed by atoms with Crippen LogP contribution in [0.3, 0.4) is 0 Å². The number of ether oxygens (including phenoxy) is 2. The molecular weight excluding hydrogens is 370 g/mol. The summed E-state index contributed by atoms with van der Waals surface area (Å²) in [5.74, 6) is 1.21. The Labute approximate surface area is 169 Å². The monoisotopic (exact) mass is 393 g/mol. The summed E-state index contributed by atoms with van der Waals surface area (Å²) in [6.07, 6.45) is 0.877. The first kappa shape index (κ1) is 18.6. The van der Waals surface area contributed by atoms with Crippen LogP contribution < -0.4 is 9.47 Å². The van der Waals surface area contributed by atoms with Gasteiger partial charge in [-0.2, -0.15) is 0 Å². The summed E-state index contributed by atoms with van der Waals surface area (Å²) in [7, 11) is 3.19. The Morgan fingerprint density at radius 2 is 1.71 bits per heavy atom. The first-order chi connectivity index (χ1) is 13.6. The summed E-state index contributed by atoms with van der Waals surface area (Å²) in [4.78, 5) is 16.9. The predicted molar refractivity (Wildman–Crippen MR) is 112 cm³/mol. The molecule has 1 aromatic heterocycles. The quantitative estimate of drug-likeness (QED) is 0.635. The van der Waals surface area contributed by atoms with Gasteiger partial charge in [-0.25, -0.2) is 0 Å². The number of benzene rings is 2. The van der Waals surface area contributed by atoms with E-state index in [-0.39, 0.29) is 11.9 Å². The van der Waals surface area contributed by atoms with Crippen LogP contribution in [0.15, 0.2) is 53.9 Å². The van der Waals surface area contributed by atoms with Gasteiger partial charge in [0.1, 0.15) is 11.5 Å². The number of methoxy groups -OCH3 is 2. The molecule has 5 heteroatoms. The third-order valence-corrected chi connectivity index (χ3v) is 6.21. The zero-order valence-electron chi connectivity index (χ0n) is 16.3. The van der Waals surface area contributed by atoms with Crippen molar-refractivity contribution in [2.75, 3.05) is 20.8 Å². The Morgan fingerprint density at radius 3 is 2.36 bits per heavy atom. The van der Waals surface area contributed by atoms with Gasteiger partial charge in [-0.15, -0.1) is 11.3 Å². The molecule has 0 N–H and O–H groups in total. The van der Waals surface area contributed by atoms with Crippen LogP contribution in [0.1, 0.15) is 38.0 Å². The molecule has 2 aromatic carbocycles. The van der Waals surface area contributed by atoms with E-state index in [2.05, 4.69) is 42.6 Å². The first-order valence-corrected chi connectivity index (χ1v) is 10.2. The van der Waals surface area contributed by atoms with E-state index in [4.69, 9.17) is 9.47 Å². The predicted octanol–water partition coefficient (Wildman–Crippen LogP) is 4.86. The molecule has 0 saturated heterocycles. The highest BCUT2D eigenvalue weighted by Crippen LogP contribution is 2.39. The molecule has 0 spiro atoms. The topological polar surface area (TPSA) is 38.8 Å². The van der Waals surface area contributed by atoms with E-state index in [0.29, 0.717) is 23.6 Å². The number of aryl methyl sites for hydroxylation is 1. The van der Waals surface area contributed by atoms with Crippen molar-refractivity contribution in [1.82, 2.24) is 4.90 Å². The van der Waals surface area contributed by atoms with Gasteiger partial charge in [0, 0.05) is 23.1 Å². The van der Waals surface area contributed by atoms with Crippen LogP contribution in [-0.2, 0) is 6.42 Å². The normalized spacial score (nSPS) is 15.8. The van der Waals surface area contributed by atoms with Crippen LogP contribution >= 0.6 is 11.3 Å². The highest BCUT2D eigenvalue weighted by Gasteiger charge is 2.33. The van der Waals surface area contributed by atoms with Gasteiger partial charge >= 0.3 is 0 Å². The average Bonchev–Trinajstić information content (AvgIpc) is 3.21. The molecule has 4 nitrogen and oxygen atoms in total. The summed E-state index contributed by atoms with van der Waals surface area (Å²) < 4.78 is 10.7. The third-order valence-electron chi connectivity index (χ3n) is 5.22. The number of nitrogens with zero attached hydrogens (tertiary/aromatic N) is 1. The fourth-order valence-electron chi connectivity index (χ4n) is 3.74. The number of amides is 1. The van der Waals surface area contributed by atoms with Gasteiger partial charge in [0.15, 0.2) is 0 Å². The molecule has 0 saturated carbocycles. The molecule has 0 radical (unpaired) electrons. The molecule has 1 atom stereocenters. The number of thiophene rings is 1. The molecule has 1 aliphatic rings. The lowest BCUT2D eigenvalue weighted by Gasteiger charge is -2.36.